The summed E-state index contributed by atoms with van der Waals surface area (Å²) in [6, 6.07) is 6.07. The topological polar surface area (TPSA) is 63.7 Å². The van der Waals surface area contributed by atoms with Crippen LogP contribution in [0.2, 0.25) is 0 Å². The summed E-state index contributed by atoms with van der Waals surface area (Å²) >= 11 is 0. The van der Waals surface area contributed by atoms with Crippen molar-refractivity contribution in [2.75, 3.05) is 11.5 Å². The van der Waals surface area contributed by atoms with Crippen molar-refractivity contribution in [2.24, 2.45) is 0 Å². The van der Waals surface area contributed by atoms with Gasteiger partial charge in [-0.05, 0) is 12.1 Å². The van der Waals surface area contributed by atoms with Crippen molar-refractivity contribution < 1.29 is 19.1 Å². The monoisotopic (exact) mass is 217 g/mol. The third-order valence-electron chi connectivity index (χ3n) is 2.77. The molecule has 3 rings (SSSR count). The van der Waals surface area contributed by atoms with Crippen LogP contribution in [0.3, 0.4) is 0 Å². The molecule has 0 saturated carbocycles. The molecule has 1 fully saturated rings. The summed E-state index contributed by atoms with van der Waals surface area (Å²) in [4.78, 5) is 35.6. The molecular formula is C11H7NO4. The summed E-state index contributed by atoms with van der Waals surface area (Å²) in [6.07, 6.45) is 0. The maximum atomic E-state index is 11.6. The van der Waals surface area contributed by atoms with E-state index in [9.17, 15) is 14.4 Å². The van der Waals surface area contributed by atoms with Crippen LogP contribution in [-0.2, 0) is 14.4 Å². The lowest BCUT2D eigenvalue weighted by molar-refractivity contribution is -0.140. The molecule has 1 unspecified atom stereocenters. The van der Waals surface area contributed by atoms with Gasteiger partial charge in [0.1, 0.15) is 18.4 Å². The van der Waals surface area contributed by atoms with Crippen molar-refractivity contribution >= 4 is 23.2 Å². The van der Waals surface area contributed by atoms with Gasteiger partial charge in [-0.1, -0.05) is 12.1 Å². The number of ether oxygens (including phenoxy) is 1. The summed E-state index contributed by atoms with van der Waals surface area (Å²) in [6.45, 7) is 0.0489. The van der Waals surface area contributed by atoms with Crippen LogP contribution in [0.15, 0.2) is 24.3 Å². The first-order valence-corrected chi connectivity index (χ1v) is 4.83. The SMILES string of the molecule is O=C1C(=O)C2COc3ccccc3N2C1=O. The zero-order valence-corrected chi connectivity index (χ0v) is 8.17. The van der Waals surface area contributed by atoms with Gasteiger partial charge >= 0.3 is 5.91 Å². The van der Waals surface area contributed by atoms with Gasteiger partial charge < -0.3 is 4.74 Å². The predicted octanol–water partition coefficient (Wildman–Crippen LogP) is -0.0676. The fourth-order valence-electron chi connectivity index (χ4n) is 2.00. The Morgan fingerprint density at radius 3 is 2.75 bits per heavy atom. The number of hydrogen-bond donors (Lipinski definition) is 0. The lowest BCUT2D eigenvalue weighted by Crippen LogP contribution is -2.43. The minimum atomic E-state index is -0.953. The van der Waals surface area contributed by atoms with Crippen LogP contribution < -0.4 is 9.64 Å². The van der Waals surface area contributed by atoms with E-state index in [1.165, 1.54) is 4.90 Å². The van der Waals surface area contributed by atoms with Crippen LogP contribution in [-0.4, -0.2) is 30.1 Å². The number of hydrogen-bond acceptors (Lipinski definition) is 4. The standard InChI is InChI=1S/C11H7NO4/c13-9-7-5-16-8-4-2-1-3-6(8)12(7)11(15)10(9)14/h1-4,7H,5H2. The smallest absolute Gasteiger partial charge is 0.303 e. The van der Waals surface area contributed by atoms with E-state index in [0.29, 0.717) is 11.4 Å². The van der Waals surface area contributed by atoms with Crippen LogP contribution in [0.25, 0.3) is 0 Å². The average Bonchev–Trinajstić information content (AvgIpc) is 2.55. The molecule has 1 atom stereocenters. The number of benzene rings is 1. The number of carbonyl (C=O) groups excluding carboxylic acids is 3. The fourth-order valence-corrected chi connectivity index (χ4v) is 2.00. The minimum absolute atomic E-state index is 0.0489. The molecule has 0 N–H and O–H groups in total. The molecule has 0 aliphatic carbocycles. The number of fused-ring (bicyclic) bond motifs is 3. The molecule has 0 bridgehead atoms. The highest BCUT2D eigenvalue weighted by molar-refractivity contribution is 6.71. The van der Waals surface area contributed by atoms with Crippen molar-refractivity contribution in [3.8, 4) is 5.75 Å². The molecule has 80 valence electrons. The first-order valence-electron chi connectivity index (χ1n) is 4.83. The first kappa shape index (κ1) is 9.08. The van der Waals surface area contributed by atoms with Crippen LogP contribution in [0, 0.1) is 0 Å². The number of carbonyl (C=O) groups is 3. The number of ketones is 2. The van der Waals surface area contributed by atoms with Crippen molar-refractivity contribution in [3.05, 3.63) is 24.3 Å². The molecule has 1 amide bonds. The normalized spacial score (nSPS) is 22.9. The summed E-state index contributed by atoms with van der Waals surface area (Å²) in [5, 5.41) is 0. The predicted molar refractivity (Wildman–Crippen MR) is 53.2 cm³/mol. The molecule has 1 aromatic carbocycles. The lowest BCUT2D eigenvalue weighted by Gasteiger charge is -2.29. The highest BCUT2D eigenvalue weighted by Crippen LogP contribution is 2.36. The van der Waals surface area contributed by atoms with Gasteiger partial charge in [0.2, 0.25) is 5.78 Å². The average molecular weight is 217 g/mol. The zero-order valence-electron chi connectivity index (χ0n) is 8.17. The second kappa shape index (κ2) is 2.91. The Morgan fingerprint density at radius 1 is 1.19 bits per heavy atom. The van der Waals surface area contributed by atoms with Crippen LogP contribution >= 0.6 is 0 Å². The van der Waals surface area contributed by atoms with Crippen LogP contribution in [0.4, 0.5) is 5.69 Å². The Morgan fingerprint density at radius 2 is 1.94 bits per heavy atom. The Labute approximate surface area is 90.6 Å². The summed E-state index contributed by atoms with van der Waals surface area (Å²) in [5.74, 6) is -1.87. The molecule has 1 aromatic rings. The van der Waals surface area contributed by atoms with E-state index in [0.717, 1.165) is 0 Å². The zero-order chi connectivity index (χ0) is 11.3. The molecule has 0 spiro atoms. The molecule has 0 aromatic heterocycles. The maximum Gasteiger partial charge on any atom is 0.303 e. The van der Waals surface area contributed by atoms with E-state index in [-0.39, 0.29) is 6.61 Å². The Hall–Kier alpha value is -2.17. The van der Waals surface area contributed by atoms with Crippen molar-refractivity contribution in [1.29, 1.82) is 0 Å². The van der Waals surface area contributed by atoms with Crippen molar-refractivity contribution in [1.82, 2.24) is 0 Å². The lowest BCUT2D eigenvalue weighted by atomic mass is 10.1. The largest absolute Gasteiger partial charge is 0.489 e. The fraction of sp³-hybridized carbons (Fsp3) is 0.182. The molecule has 1 saturated heterocycles. The van der Waals surface area contributed by atoms with E-state index < -0.39 is 23.5 Å². The van der Waals surface area contributed by atoms with Gasteiger partial charge in [0.25, 0.3) is 5.78 Å². The number of anilines is 1. The van der Waals surface area contributed by atoms with Crippen LogP contribution in [0.5, 0.6) is 5.75 Å². The molecule has 5 heteroatoms. The second-order valence-corrected chi connectivity index (χ2v) is 3.66. The Balaban J connectivity index is 2.17. The number of nitrogens with zero attached hydrogens (tertiary/aromatic N) is 1. The van der Waals surface area contributed by atoms with Gasteiger partial charge in [-0.2, -0.15) is 0 Å². The number of para-hydroxylation sites is 2. The molecule has 0 radical (unpaired) electrons. The summed E-state index contributed by atoms with van der Waals surface area (Å²) < 4.78 is 5.34. The maximum absolute atomic E-state index is 11.6. The van der Waals surface area contributed by atoms with E-state index in [1.807, 2.05) is 0 Å². The summed E-state index contributed by atoms with van der Waals surface area (Å²) in [7, 11) is 0. The van der Waals surface area contributed by atoms with Gasteiger partial charge in [0.15, 0.2) is 0 Å². The Kier molecular flexibility index (Phi) is 1.65. The molecular weight excluding hydrogens is 210 g/mol. The van der Waals surface area contributed by atoms with Crippen molar-refractivity contribution in [2.45, 2.75) is 6.04 Å². The number of amides is 1. The van der Waals surface area contributed by atoms with E-state index >= 15 is 0 Å². The van der Waals surface area contributed by atoms with E-state index in [1.54, 1.807) is 24.3 Å². The number of Topliss-reactive ketones (excluding diaryl/α,β-unsaturated/α-hetero) is 2. The third kappa shape index (κ3) is 0.970. The summed E-state index contributed by atoms with van der Waals surface area (Å²) in [5.41, 5.74) is 0.489. The molecule has 2 aliphatic rings. The van der Waals surface area contributed by atoms with Gasteiger partial charge in [0, 0.05) is 0 Å². The second-order valence-electron chi connectivity index (χ2n) is 3.66. The van der Waals surface area contributed by atoms with E-state index in [4.69, 9.17) is 4.74 Å². The molecule has 2 heterocycles. The van der Waals surface area contributed by atoms with Crippen molar-refractivity contribution in [3.63, 3.8) is 0 Å². The highest BCUT2D eigenvalue weighted by atomic mass is 16.5. The molecule has 2 aliphatic heterocycles. The van der Waals surface area contributed by atoms with Gasteiger partial charge in [-0.3, -0.25) is 19.3 Å². The van der Waals surface area contributed by atoms with E-state index in [2.05, 4.69) is 0 Å². The third-order valence-corrected chi connectivity index (χ3v) is 2.77. The highest BCUT2D eigenvalue weighted by Gasteiger charge is 2.50. The molecule has 5 nitrogen and oxygen atoms in total. The Bertz CT molecular complexity index is 522. The van der Waals surface area contributed by atoms with Crippen LogP contribution in [0.1, 0.15) is 0 Å². The minimum Gasteiger partial charge on any atom is -0.489 e. The molecule has 16 heavy (non-hydrogen) atoms. The van der Waals surface area contributed by atoms with Gasteiger partial charge in [-0.15, -0.1) is 0 Å². The first-order chi connectivity index (χ1) is 7.70. The quantitative estimate of drug-likeness (QED) is 0.571. The van der Waals surface area contributed by atoms with Gasteiger partial charge in [-0.25, -0.2) is 0 Å². The van der Waals surface area contributed by atoms with Gasteiger partial charge in [0.05, 0.1) is 5.69 Å². The number of rotatable bonds is 0.